The van der Waals surface area contributed by atoms with Crippen LogP contribution in [0.2, 0.25) is 0 Å². The number of amides is 3. The molecular weight excluding hydrogens is 772 g/mol. The lowest BCUT2D eigenvalue weighted by molar-refractivity contribution is -0.136. The summed E-state index contributed by atoms with van der Waals surface area (Å²) >= 11 is 0. The van der Waals surface area contributed by atoms with E-state index in [4.69, 9.17) is 9.47 Å². The highest BCUT2D eigenvalue weighted by atomic mass is 19.1. The molecule has 0 bridgehead atoms. The molecule has 0 radical (unpaired) electrons. The highest BCUT2D eigenvalue weighted by Gasteiger charge is 2.49. The number of phenolic OH excluding ortho intramolecular Hbond substituents is 1. The van der Waals surface area contributed by atoms with Gasteiger partial charge in [0, 0.05) is 70.1 Å². The van der Waals surface area contributed by atoms with Crippen LogP contribution in [0.15, 0.2) is 78.9 Å². The number of imide groups is 1. The third kappa shape index (κ3) is 6.84. The van der Waals surface area contributed by atoms with Gasteiger partial charge in [-0.1, -0.05) is 48.5 Å². The van der Waals surface area contributed by atoms with Gasteiger partial charge in [-0.3, -0.25) is 19.7 Å². The number of anilines is 1. The third-order valence-corrected chi connectivity index (χ3v) is 15.5. The molecule has 5 aliphatic heterocycles. The summed E-state index contributed by atoms with van der Waals surface area (Å²) in [6, 6.07) is 27.1. The number of fused-ring (bicyclic) bond motifs is 3. The molecule has 3 saturated heterocycles. The van der Waals surface area contributed by atoms with E-state index in [1.807, 2.05) is 12.1 Å². The zero-order chi connectivity index (χ0) is 41.5. The minimum absolute atomic E-state index is 0.0294. The second-order valence-electron chi connectivity index (χ2n) is 19.1. The van der Waals surface area contributed by atoms with E-state index in [1.165, 1.54) is 58.5 Å². The lowest BCUT2D eigenvalue weighted by Crippen LogP contribution is -2.55. The van der Waals surface area contributed by atoms with Gasteiger partial charge < -0.3 is 29.3 Å². The number of aryl methyl sites for hydroxylation is 1. The maximum atomic E-state index is 15.8. The second kappa shape index (κ2) is 14.9. The number of nitrogens with one attached hydrogen (secondary N) is 1. The summed E-state index contributed by atoms with van der Waals surface area (Å²) in [5.74, 6) is -0.187. The number of carbonyl (C=O) groups excluding carboxylic acids is 3. The highest BCUT2D eigenvalue weighted by Crippen LogP contribution is 2.54. The van der Waals surface area contributed by atoms with Gasteiger partial charge in [-0.25, -0.2) is 4.39 Å². The van der Waals surface area contributed by atoms with Crippen molar-refractivity contribution >= 4 is 23.4 Å². The summed E-state index contributed by atoms with van der Waals surface area (Å²) in [5.41, 5.74) is 6.92. The van der Waals surface area contributed by atoms with Crippen LogP contribution in [0, 0.1) is 17.2 Å². The first-order chi connectivity index (χ1) is 29.6. The first-order valence-corrected chi connectivity index (χ1v) is 22.4. The number of aromatic hydroxyl groups is 1. The summed E-state index contributed by atoms with van der Waals surface area (Å²) in [7, 11) is 0. The molecule has 4 fully saturated rings. The molecule has 7 aliphatic rings. The molecule has 11 heteroatoms. The van der Waals surface area contributed by atoms with Gasteiger partial charge >= 0.3 is 0 Å². The van der Waals surface area contributed by atoms with Gasteiger partial charge in [0.1, 0.15) is 24.0 Å². The Balaban J connectivity index is 0.675. The Hall–Kier alpha value is -5.42. The molecule has 3 amide bonds. The Bertz CT molecular complexity index is 2380. The Morgan fingerprint density at radius 2 is 1.59 bits per heavy atom. The van der Waals surface area contributed by atoms with Crippen LogP contribution >= 0.6 is 0 Å². The molecule has 316 valence electrons. The van der Waals surface area contributed by atoms with Gasteiger partial charge in [0.2, 0.25) is 11.8 Å². The molecule has 3 atom stereocenters. The average molecular weight is 825 g/mol. The number of carbonyl (C=O) groups is 3. The molecule has 0 aromatic heterocycles. The van der Waals surface area contributed by atoms with Gasteiger partial charge in [-0.2, -0.15) is 0 Å². The minimum Gasteiger partial charge on any atom is -0.508 e. The molecule has 2 spiro atoms. The van der Waals surface area contributed by atoms with Crippen molar-refractivity contribution in [1.82, 2.24) is 15.1 Å². The molecule has 4 aromatic rings. The lowest BCUT2D eigenvalue weighted by Gasteiger charge is -2.54. The van der Waals surface area contributed by atoms with E-state index < -0.39 is 29.3 Å². The number of benzene rings is 4. The quantitative estimate of drug-likeness (QED) is 0.193. The number of nitrogens with zero attached hydrogens (tertiary/aromatic N) is 3. The van der Waals surface area contributed by atoms with Crippen molar-refractivity contribution in [1.29, 1.82) is 0 Å². The maximum absolute atomic E-state index is 15.8. The van der Waals surface area contributed by atoms with Crippen molar-refractivity contribution in [3.05, 3.63) is 118 Å². The first-order valence-electron chi connectivity index (χ1n) is 22.4. The number of rotatable bonds is 6. The molecule has 61 heavy (non-hydrogen) atoms. The zero-order valence-electron chi connectivity index (χ0n) is 34.5. The fourth-order valence-corrected chi connectivity index (χ4v) is 12.2. The number of piperidine rings is 3. The third-order valence-electron chi connectivity index (χ3n) is 15.5. The van der Waals surface area contributed by atoms with E-state index >= 15 is 4.39 Å². The standard InChI is InChI=1S/C50H53FN4O6/c51-45-44-35(29-55(48(44)59)40-14-15-42(57)52-47(40)58)25-41-46(45)60-30-50(61-41)18-20-53(21-19-50)28-31-26-49(27-31)16-22-54(23-17-49)36-9-6-33(7-10-36)43-38(32-4-2-1-3-5-32)12-8-34-24-37(56)11-13-39(34)43/h1-7,9-11,13,24-25,31,38,40,43,56H,8,12,14-23,26-30H2,(H,52,57,58)/t38-,40+,43+/m1/s1. The normalized spacial score (nSPS) is 25.6. The van der Waals surface area contributed by atoms with Crippen LogP contribution in [0.3, 0.4) is 0 Å². The van der Waals surface area contributed by atoms with Crippen LogP contribution in [-0.2, 0) is 22.6 Å². The summed E-state index contributed by atoms with van der Waals surface area (Å²) in [5, 5.41) is 12.6. The van der Waals surface area contributed by atoms with Crippen molar-refractivity contribution in [2.45, 2.75) is 94.2 Å². The van der Waals surface area contributed by atoms with Crippen molar-refractivity contribution in [3.8, 4) is 17.2 Å². The topological polar surface area (TPSA) is 112 Å². The van der Waals surface area contributed by atoms with Gasteiger partial charge in [0.25, 0.3) is 5.91 Å². The molecule has 1 saturated carbocycles. The average Bonchev–Trinajstić information content (AvgIpc) is 3.59. The summed E-state index contributed by atoms with van der Waals surface area (Å²) < 4.78 is 28.5. The molecule has 5 heterocycles. The van der Waals surface area contributed by atoms with Crippen molar-refractivity contribution in [2.24, 2.45) is 11.3 Å². The van der Waals surface area contributed by atoms with Crippen LogP contribution in [0.25, 0.3) is 0 Å². The predicted molar refractivity (Wildman–Crippen MR) is 227 cm³/mol. The van der Waals surface area contributed by atoms with Gasteiger partial charge in [0.05, 0.1) is 5.56 Å². The number of halogens is 1. The van der Waals surface area contributed by atoms with Crippen LogP contribution in [0.5, 0.6) is 17.2 Å². The van der Waals surface area contributed by atoms with Crippen LogP contribution in [0.4, 0.5) is 10.1 Å². The SMILES string of the molecule is O=C1CC[C@H](N2Cc3cc4c(c(F)c3C2=O)OCC2(CCN(CC3CC5(CCN(c6ccc([C@@H]7c8ccc(O)cc8CC[C@@H]7c7ccccc7)cc6)CC5)C3)CC2)O4)C(=O)N1. The molecular formula is C50H53FN4O6. The van der Waals surface area contributed by atoms with Crippen molar-refractivity contribution in [3.63, 3.8) is 0 Å². The van der Waals surface area contributed by atoms with Crippen LogP contribution < -0.4 is 19.7 Å². The van der Waals surface area contributed by atoms with Gasteiger partial charge in [-0.05, 0) is 120 Å². The van der Waals surface area contributed by atoms with Crippen molar-refractivity contribution in [2.75, 3.05) is 44.2 Å². The number of hydrogen-bond donors (Lipinski definition) is 2. The molecule has 10 nitrogen and oxygen atoms in total. The minimum atomic E-state index is -0.813. The number of phenols is 1. The van der Waals surface area contributed by atoms with E-state index in [-0.39, 0.29) is 49.1 Å². The Morgan fingerprint density at radius 3 is 2.34 bits per heavy atom. The van der Waals surface area contributed by atoms with E-state index in [0.29, 0.717) is 34.3 Å². The lowest BCUT2D eigenvalue weighted by atomic mass is 9.57. The number of hydrogen-bond acceptors (Lipinski definition) is 8. The number of likely N-dealkylation sites (tertiary alicyclic amines) is 1. The van der Waals surface area contributed by atoms with Crippen LogP contribution in [-0.4, -0.2) is 83.6 Å². The van der Waals surface area contributed by atoms with E-state index in [2.05, 4.69) is 75.8 Å². The Kier molecular flexibility index (Phi) is 9.40. The monoisotopic (exact) mass is 824 g/mol. The predicted octanol–water partition coefficient (Wildman–Crippen LogP) is 7.46. The highest BCUT2D eigenvalue weighted by molar-refractivity contribution is 6.05. The summed E-state index contributed by atoms with van der Waals surface area (Å²) in [4.78, 5) is 44.0. The summed E-state index contributed by atoms with van der Waals surface area (Å²) in [6.07, 6.45) is 8.97. The fraction of sp³-hybridized carbons (Fsp3) is 0.460. The number of ether oxygens (including phenoxy) is 2. The first kappa shape index (κ1) is 38.5. The van der Waals surface area contributed by atoms with Crippen LogP contribution in [0.1, 0.15) is 108 Å². The Labute approximate surface area is 356 Å². The molecule has 0 unspecified atom stereocenters. The zero-order valence-corrected chi connectivity index (χ0v) is 34.5. The fourth-order valence-electron chi connectivity index (χ4n) is 12.2. The molecule has 4 aromatic carbocycles. The van der Waals surface area contributed by atoms with Crippen molar-refractivity contribution < 1.29 is 33.4 Å². The smallest absolute Gasteiger partial charge is 0.258 e. The Morgan fingerprint density at radius 1 is 0.820 bits per heavy atom. The molecule has 2 N–H and O–H groups in total. The van der Waals surface area contributed by atoms with Gasteiger partial charge in [-0.15, -0.1) is 0 Å². The largest absolute Gasteiger partial charge is 0.508 e. The second-order valence-corrected chi connectivity index (χ2v) is 19.1. The maximum Gasteiger partial charge on any atom is 0.258 e. The summed E-state index contributed by atoms with van der Waals surface area (Å²) in [6.45, 7) is 5.36. The molecule has 11 rings (SSSR count). The van der Waals surface area contributed by atoms with E-state index in [0.717, 1.165) is 58.4 Å². The van der Waals surface area contributed by atoms with Gasteiger partial charge in [0.15, 0.2) is 17.3 Å². The van der Waals surface area contributed by atoms with E-state index in [9.17, 15) is 19.5 Å². The molecule has 2 aliphatic carbocycles. The van der Waals surface area contributed by atoms with E-state index in [1.54, 1.807) is 6.07 Å².